The lowest BCUT2D eigenvalue weighted by Crippen LogP contribution is -2.01. The highest BCUT2D eigenvalue weighted by Crippen LogP contribution is 2.29. The molecule has 3 aromatic carbocycles. The summed E-state index contributed by atoms with van der Waals surface area (Å²) in [6, 6.07) is 14.5. The third-order valence-electron chi connectivity index (χ3n) is 4.57. The Labute approximate surface area is 188 Å². The van der Waals surface area contributed by atoms with Gasteiger partial charge < -0.3 is 4.74 Å². The average molecular weight is 455 g/mol. The molecule has 0 saturated heterocycles. The molecular weight excluding hydrogens is 436 g/mol. The van der Waals surface area contributed by atoms with Gasteiger partial charge in [-0.2, -0.15) is 5.10 Å². The number of hydrogen-bond donors (Lipinski definition) is 1. The van der Waals surface area contributed by atoms with Crippen molar-refractivity contribution in [2.24, 2.45) is 5.10 Å². The van der Waals surface area contributed by atoms with E-state index in [0.717, 1.165) is 34.1 Å². The molecule has 0 aliphatic carbocycles. The van der Waals surface area contributed by atoms with Crippen LogP contribution in [0.2, 0.25) is 5.02 Å². The Balaban J connectivity index is 1.72. The topological polar surface area (TPSA) is 120 Å². The van der Waals surface area contributed by atoms with E-state index in [9.17, 15) is 20.2 Å². The summed E-state index contributed by atoms with van der Waals surface area (Å²) >= 11 is 5.90. The van der Waals surface area contributed by atoms with Gasteiger partial charge in [0, 0.05) is 11.1 Å². The van der Waals surface area contributed by atoms with Crippen molar-refractivity contribution < 1.29 is 14.6 Å². The second-order valence-electron chi connectivity index (χ2n) is 6.98. The van der Waals surface area contributed by atoms with Gasteiger partial charge in [-0.1, -0.05) is 23.7 Å². The zero-order valence-electron chi connectivity index (χ0n) is 17.2. The van der Waals surface area contributed by atoms with Crippen molar-refractivity contribution >= 4 is 34.9 Å². The molecule has 0 aromatic heterocycles. The van der Waals surface area contributed by atoms with E-state index in [4.69, 9.17) is 16.3 Å². The van der Waals surface area contributed by atoms with Crippen LogP contribution in [0.3, 0.4) is 0 Å². The van der Waals surface area contributed by atoms with Gasteiger partial charge in [-0.3, -0.25) is 25.7 Å². The molecule has 0 radical (unpaired) electrons. The number of anilines is 1. The number of rotatable bonds is 8. The predicted molar refractivity (Wildman–Crippen MR) is 123 cm³/mol. The highest BCUT2D eigenvalue weighted by atomic mass is 35.5. The summed E-state index contributed by atoms with van der Waals surface area (Å²) in [6.45, 7) is 4.23. The van der Waals surface area contributed by atoms with Crippen molar-refractivity contribution in [3.8, 4) is 5.75 Å². The molecule has 10 heteroatoms. The Morgan fingerprint density at radius 2 is 1.66 bits per heavy atom. The number of hydrogen-bond acceptors (Lipinski definition) is 7. The lowest BCUT2D eigenvalue weighted by Gasteiger charge is -2.13. The number of nitro benzene ring substituents is 2. The van der Waals surface area contributed by atoms with Crippen molar-refractivity contribution in [3.63, 3.8) is 0 Å². The molecule has 0 spiro atoms. The molecule has 0 bridgehead atoms. The number of nitrogens with one attached hydrogen (secondary N) is 1. The van der Waals surface area contributed by atoms with Gasteiger partial charge in [-0.15, -0.1) is 0 Å². The first-order chi connectivity index (χ1) is 15.2. The number of hydrazone groups is 1. The molecule has 0 amide bonds. The maximum absolute atomic E-state index is 11.2. The molecule has 0 aliphatic heterocycles. The van der Waals surface area contributed by atoms with Crippen molar-refractivity contribution in [2.75, 3.05) is 5.43 Å². The molecular formula is C22H19ClN4O5. The highest BCUT2D eigenvalue weighted by molar-refractivity contribution is 6.30. The van der Waals surface area contributed by atoms with Crippen LogP contribution < -0.4 is 10.2 Å². The SMILES string of the molecule is Cc1cc(/C=N/Nc2ccc([N+](=O)[O-])cc2[N+](=O)[O-])cc(C)c1OCc1ccc(Cl)cc1. The maximum Gasteiger partial charge on any atom is 0.301 e. The minimum absolute atomic E-state index is 0.0493. The third kappa shape index (κ3) is 5.58. The van der Waals surface area contributed by atoms with E-state index >= 15 is 0 Å². The van der Waals surface area contributed by atoms with Crippen molar-refractivity contribution in [1.82, 2.24) is 0 Å². The fourth-order valence-electron chi connectivity index (χ4n) is 3.08. The fraction of sp³-hybridized carbons (Fsp3) is 0.136. The number of nitro groups is 2. The third-order valence-corrected chi connectivity index (χ3v) is 4.82. The molecule has 0 aliphatic rings. The molecule has 32 heavy (non-hydrogen) atoms. The van der Waals surface area contributed by atoms with E-state index in [1.54, 1.807) is 0 Å². The van der Waals surface area contributed by atoms with Crippen molar-refractivity contribution in [2.45, 2.75) is 20.5 Å². The lowest BCUT2D eigenvalue weighted by atomic mass is 10.1. The number of non-ortho nitro benzene ring substituents is 1. The minimum Gasteiger partial charge on any atom is -0.488 e. The van der Waals surface area contributed by atoms with Gasteiger partial charge in [0.05, 0.1) is 22.1 Å². The summed E-state index contributed by atoms with van der Waals surface area (Å²) in [5, 5.41) is 26.7. The molecule has 0 atom stereocenters. The van der Waals surface area contributed by atoms with Crippen LogP contribution in [0.4, 0.5) is 17.1 Å². The Morgan fingerprint density at radius 1 is 1.00 bits per heavy atom. The van der Waals surface area contributed by atoms with Gasteiger partial charge >= 0.3 is 5.69 Å². The fourth-order valence-corrected chi connectivity index (χ4v) is 3.20. The van der Waals surface area contributed by atoms with E-state index in [1.807, 2.05) is 50.2 Å². The average Bonchev–Trinajstić information content (AvgIpc) is 2.74. The van der Waals surface area contributed by atoms with E-state index < -0.39 is 15.5 Å². The number of ether oxygens (including phenoxy) is 1. The van der Waals surface area contributed by atoms with Gasteiger partial charge in [0.1, 0.15) is 18.0 Å². The van der Waals surface area contributed by atoms with E-state index in [2.05, 4.69) is 10.5 Å². The standard InChI is InChI=1S/C22H19ClN4O5/c1-14-9-17(10-15(2)22(14)32-13-16-3-5-18(23)6-4-16)12-24-25-20-8-7-19(26(28)29)11-21(20)27(30)31/h3-12,25H,13H2,1-2H3/b24-12+. The number of benzene rings is 3. The molecule has 3 aromatic rings. The second-order valence-corrected chi connectivity index (χ2v) is 7.42. The van der Waals surface area contributed by atoms with Crippen molar-refractivity contribution in [3.05, 3.63) is 102 Å². The van der Waals surface area contributed by atoms with Crippen LogP contribution in [0, 0.1) is 34.1 Å². The monoisotopic (exact) mass is 454 g/mol. The van der Waals surface area contributed by atoms with Crippen LogP contribution in [-0.4, -0.2) is 16.1 Å². The Morgan fingerprint density at radius 3 is 2.25 bits per heavy atom. The first-order valence-corrected chi connectivity index (χ1v) is 9.83. The van der Waals surface area contributed by atoms with Gasteiger partial charge in [0.15, 0.2) is 0 Å². The maximum atomic E-state index is 11.2. The zero-order valence-corrected chi connectivity index (χ0v) is 18.0. The number of halogens is 1. The summed E-state index contributed by atoms with van der Waals surface area (Å²) in [6.07, 6.45) is 1.51. The van der Waals surface area contributed by atoms with Crippen LogP contribution in [0.5, 0.6) is 5.75 Å². The van der Waals surface area contributed by atoms with Crippen LogP contribution in [0.1, 0.15) is 22.3 Å². The molecule has 0 heterocycles. The zero-order chi connectivity index (χ0) is 23.3. The summed E-state index contributed by atoms with van der Waals surface area (Å²) in [4.78, 5) is 20.6. The first kappa shape index (κ1) is 22.7. The molecule has 3 rings (SSSR count). The van der Waals surface area contributed by atoms with Gasteiger partial charge in [-0.25, -0.2) is 0 Å². The van der Waals surface area contributed by atoms with Gasteiger partial charge in [0.25, 0.3) is 5.69 Å². The van der Waals surface area contributed by atoms with E-state index in [1.165, 1.54) is 18.3 Å². The van der Waals surface area contributed by atoms with E-state index in [-0.39, 0.29) is 11.4 Å². The minimum atomic E-state index is -0.702. The smallest absolute Gasteiger partial charge is 0.301 e. The largest absolute Gasteiger partial charge is 0.488 e. The summed E-state index contributed by atoms with van der Waals surface area (Å²) < 4.78 is 5.96. The van der Waals surface area contributed by atoms with Crippen LogP contribution in [0.25, 0.3) is 0 Å². The number of aryl methyl sites for hydroxylation is 2. The van der Waals surface area contributed by atoms with E-state index in [0.29, 0.717) is 11.6 Å². The predicted octanol–water partition coefficient (Wildman–Crippen LogP) is 5.80. The second kappa shape index (κ2) is 9.88. The van der Waals surface area contributed by atoms with Gasteiger partial charge in [0.2, 0.25) is 0 Å². The highest BCUT2D eigenvalue weighted by Gasteiger charge is 2.19. The van der Waals surface area contributed by atoms with Crippen molar-refractivity contribution in [1.29, 1.82) is 0 Å². The Bertz CT molecular complexity index is 1170. The normalized spacial score (nSPS) is 10.8. The molecule has 9 nitrogen and oxygen atoms in total. The quantitative estimate of drug-likeness (QED) is 0.261. The first-order valence-electron chi connectivity index (χ1n) is 9.45. The Hall–Kier alpha value is -3.98. The molecule has 164 valence electrons. The lowest BCUT2D eigenvalue weighted by molar-refractivity contribution is -0.393. The van der Waals surface area contributed by atoms with Crippen LogP contribution >= 0.6 is 11.6 Å². The molecule has 0 saturated carbocycles. The summed E-state index contributed by atoms with van der Waals surface area (Å²) in [7, 11) is 0. The summed E-state index contributed by atoms with van der Waals surface area (Å²) in [5.41, 5.74) is 5.38. The van der Waals surface area contributed by atoms with Crippen LogP contribution in [0.15, 0.2) is 59.7 Å². The summed E-state index contributed by atoms with van der Waals surface area (Å²) in [5.74, 6) is 0.760. The van der Waals surface area contributed by atoms with Gasteiger partial charge in [-0.05, 0) is 66.4 Å². The molecule has 1 N–H and O–H groups in total. The number of nitrogens with zero attached hydrogens (tertiary/aromatic N) is 3. The van der Waals surface area contributed by atoms with Crippen LogP contribution in [-0.2, 0) is 6.61 Å². The molecule has 0 fully saturated rings. The Kier molecular flexibility index (Phi) is 7.01. The molecule has 0 unspecified atom stereocenters.